The topological polar surface area (TPSA) is 41.9 Å². The normalized spacial score (nSPS) is 21.2. The summed E-state index contributed by atoms with van der Waals surface area (Å²) in [5, 5.41) is 0. The molecule has 1 aliphatic rings. The van der Waals surface area contributed by atoms with E-state index in [1.54, 1.807) is 6.34 Å². The lowest BCUT2D eigenvalue weighted by Gasteiger charge is -2.17. The Morgan fingerprint density at radius 2 is 2.46 bits per heavy atom. The van der Waals surface area contributed by atoms with Crippen molar-refractivity contribution in [2.24, 2.45) is 10.9 Å². The van der Waals surface area contributed by atoms with E-state index in [2.05, 4.69) is 23.6 Å². The molecule has 13 heavy (non-hydrogen) atoms. The van der Waals surface area contributed by atoms with Crippen molar-refractivity contribution in [1.29, 1.82) is 0 Å². The fourth-order valence-corrected chi connectivity index (χ4v) is 1.35. The largest absolute Gasteiger partial charge is 0.467 e. The van der Waals surface area contributed by atoms with Crippen molar-refractivity contribution in [2.45, 2.75) is 19.9 Å². The van der Waals surface area contributed by atoms with Gasteiger partial charge < -0.3 is 9.64 Å². The zero-order valence-electron chi connectivity index (χ0n) is 8.36. The second-order valence-electron chi connectivity index (χ2n) is 3.65. The molecule has 0 fully saturated rings. The fourth-order valence-electron chi connectivity index (χ4n) is 1.35. The first-order chi connectivity index (χ1) is 6.13. The van der Waals surface area contributed by atoms with Crippen LogP contribution in [-0.4, -0.2) is 43.4 Å². The minimum absolute atomic E-state index is 0.248. The van der Waals surface area contributed by atoms with Crippen molar-refractivity contribution in [1.82, 2.24) is 4.90 Å². The van der Waals surface area contributed by atoms with Crippen LogP contribution in [0.2, 0.25) is 0 Å². The number of carbonyl (C=O) groups excluding carboxylic acids is 1. The van der Waals surface area contributed by atoms with Gasteiger partial charge in [0.05, 0.1) is 20.0 Å². The maximum Gasteiger partial charge on any atom is 0.332 e. The highest BCUT2D eigenvalue weighted by atomic mass is 16.5. The van der Waals surface area contributed by atoms with Gasteiger partial charge >= 0.3 is 5.97 Å². The molecule has 0 aromatic heterocycles. The summed E-state index contributed by atoms with van der Waals surface area (Å²) in [5.74, 6) is 0.338. The van der Waals surface area contributed by atoms with E-state index in [-0.39, 0.29) is 12.0 Å². The molecule has 0 radical (unpaired) electrons. The van der Waals surface area contributed by atoms with Gasteiger partial charge in [0.1, 0.15) is 0 Å². The smallest absolute Gasteiger partial charge is 0.332 e. The van der Waals surface area contributed by atoms with Crippen molar-refractivity contribution in [3.63, 3.8) is 0 Å². The van der Waals surface area contributed by atoms with E-state index in [1.165, 1.54) is 7.11 Å². The first kappa shape index (κ1) is 10.0. The highest BCUT2D eigenvalue weighted by Gasteiger charge is 2.24. The Morgan fingerprint density at radius 1 is 1.77 bits per heavy atom. The molecule has 1 aliphatic heterocycles. The van der Waals surface area contributed by atoms with Crippen LogP contribution in [0.5, 0.6) is 0 Å². The lowest BCUT2D eigenvalue weighted by molar-refractivity contribution is -0.141. The van der Waals surface area contributed by atoms with Crippen molar-refractivity contribution < 1.29 is 9.53 Å². The highest BCUT2D eigenvalue weighted by Crippen LogP contribution is 2.07. The summed E-state index contributed by atoms with van der Waals surface area (Å²) in [6.45, 7) is 5.88. The van der Waals surface area contributed by atoms with E-state index in [0.29, 0.717) is 12.5 Å². The summed E-state index contributed by atoms with van der Waals surface area (Å²) in [6, 6.07) is -0.316. The van der Waals surface area contributed by atoms with Crippen LogP contribution in [0, 0.1) is 5.92 Å². The van der Waals surface area contributed by atoms with Gasteiger partial charge in [0.15, 0.2) is 6.04 Å². The number of nitrogens with zero attached hydrogens (tertiary/aromatic N) is 2. The third kappa shape index (κ3) is 2.72. The van der Waals surface area contributed by atoms with Crippen LogP contribution in [0.4, 0.5) is 0 Å². The molecule has 1 atom stereocenters. The highest BCUT2D eigenvalue weighted by molar-refractivity contribution is 5.80. The molecule has 1 heterocycles. The SMILES string of the molecule is COC(=O)C1CN(CC(C)C)C=N1. The van der Waals surface area contributed by atoms with Gasteiger partial charge in [-0.2, -0.15) is 0 Å². The van der Waals surface area contributed by atoms with Gasteiger partial charge in [0.25, 0.3) is 0 Å². The number of aliphatic imine (C=N–C) groups is 1. The number of methoxy groups -OCH3 is 1. The Hall–Kier alpha value is -1.06. The maximum atomic E-state index is 11.1. The second-order valence-corrected chi connectivity index (χ2v) is 3.65. The number of rotatable bonds is 3. The molecule has 0 N–H and O–H groups in total. The molecule has 0 aromatic rings. The number of hydrogen-bond acceptors (Lipinski definition) is 4. The molecule has 74 valence electrons. The van der Waals surface area contributed by atoms with Crippen LogP contribution < -0.4 is 0 Å². The lowest BCUT2D eigenvalue weighted by atomic mass is 10.2. The molecule has 0 saturated carbocycles. The monoisotopic (exact) mass is 184 g/mol. The van der Waals surface area contributed by atoms with E-state index in [1.807, 2.05) is 4.90 Å². The zero-order chi connectivity index (χ0) is 9.84. The van der Waals surface area contributed by atoms with Gasteiger partial charge in [-0.3, -0.25) is 4.99 Å². The van der Waals surface area contributed by atoms with Crippen molar-refractivity contribution >= 4 is 12.3 Å². The molecule has 1 unspecified atom stereocenters. The molecule has 0 amide bonds. The van der Waals surface area contributed by atoms with Gasteiger partial charge in [-0.25, -0.2) is 4.79 Å². The van der Waals surface area contributed by atoms with Gasteiger partial charge in [-0.05, 0) is 5.92 Å². The summed E-state index contributed by atoms with van der Waals surface area (Å²) >= 11 is 0. The van der Waals surface area contributed by atoms with E-state index < -0.39 is 0 Å². The van der Waals surface area contributed by atoms with E-state index in [4.69, 9.17) is 0 Å². The van der Waals surface area contributed by atoms with Crippen molar-refractivity contribution in [3.05, 3.63) is 0 Å². The molecule has 4 heteroatoms. The van der Waals surface area contributed by atoms with E-state index >= 15 is 0 Å². The number of esters is 1. The van der Waals surface area contributed by atoms with Crippen molar-refractivity contribution in [3.8, 4) is 0 Å². The zero-order valence-corrected chi connectivity index (χ0v) is 8.36. The first-order valence-corrected chi connectivity index (χ1v) is 4.48. The maximum absolute atomic E-state index is 11.1. The molecule has 0 saturated heterocycles. The minimum Gasteiger partial charge on any atom is -0.467 e. The lowest BCUT2D eigenvalue weighted by Crippen LogP contribution is -2.31. The summed E-state index contributed by atoms with van der Waals surface area (Å²) in [4.78, 5) is 17.2. The average Bonchev–Trinajstić information content (AvgIpc) is 2.50. The standard InChI is InChI=1S/C9H16N2O2/c1-7(2)4-11-5-8(10-6-11)9(12)13-3/h6-8H,4-5H2,1-3H3. The fraction of sp³-hybridized carbons (Fsp3) is 0.778. The third-order valence-corrected chi connectivity index (χ3v) is 1.89. The van der Waals surface area contributed by atoms with Gasteiger partial charge in [0, 0.05) is 6.54 Å². The average molecular weight is 184 g/mol. The van der Waals surface area contributed by atoms with Crippen LogP contribution >= 0.6 is 0 Å². The van der Waals surface area contributed by atoms with Crippen LogP contribution in [0.15, 0.2) is 4.99 Å². The van der Waals surface area contributed by atoms with E-state index in [0.717, 1.165) is 6.54 Å². The van der Waals surface area contributed by atoms with Gasteiger partial charge in [-0.15, -0.1) is 0 Å². The molecule has 1 rings (SSSR count). The Kier molecular flexibility index (Phi) is 3.28. The molecule has 4 nitrogen and oxygen atoms in total. The molecule has 0 aliphatic carbocycles. The number of carbonyl (C=O) groups is 1. The Balaban J connectivity index is 2.38. The Labute approximate surface area is 78.6 Å². The molecule has 0 aromatic carbocycles. The number of ether oxygens (including phenoxy) is 1. The van der Waals surface area contributed by atoms with Gasteiger partial charge in [-0.1, -0.05) is 13.8 Å². The summed E-state index contributed by atoms with van der Waals surface area (Å²) < 4.78 is 4.61. The molecule has 0 bridgehead atoms. The predicted octanol–water partition coefficient (Wildman–Crippen LogP) is 0.528. The first-order valence-electron chi connectivity index (χ1n) is 4.48. The van der Waals surface area contributed by atoms with E-state index in [9.17, 15) is 4.79 Å². The Morgan fingerprint density at radius 3 is 3.00 bits per heavy atom. The van der Waals surface area contributed by atoms with Crippen LogP contribution in [0.25, 0.3) is 0 Å². The van der Waals surface area contributed by atoms with Crippen LogP contribution in [-0.2, 0) is 9.53 Å². The summed E-state index contributed by atoms with van der Waals surface area (Å²) in [5.41, 5.74) is 0. The number of hydrogen-bond donors (Lipinski definition) is 0. The van der Waals surface area contributed by atoms with Crippen LogP contribution in [0.3, 0.4) is 0 Å². The molecular formula is C9H16N2O2. The third-order valence-electron chi connectivity index (χ3n) is 1.89. The van der Waals surface area contributed by atoms with Crippen LogP contribution in [0.1, 0.15) is 13.8 Å². The Bertz CT molecular complexity index is 214. The summed E-state index contributed by atoms with van der Waals surface area (Å²) in [6.07, 6.45) is 1.74. The molecule has 0 spiro atoms. The predicted molar refractivity (Wildman–Crippen MR) is 50.7 cm³/mol. The molecular weight excluding hydrogens is 168 g/mol. The minimum atomic E-state index is -0.316. The summed E-state index contributed by atoms with van der Waals surface area (Å²) in [7, 11) is 1.39. The van der Waals surface area contributed by atoms with Crippen molar-refractivity contribution in [2.75, 3.05) is 20.2 Å². The van der Waals surface area contributed by atoms with Gasteiger partial charge in [0.2, 0.25) is 0 Å². The second kappa shape index (κ2) is 4.25. The quantitative estimate of drug-likeness (QED) is 0.601.